The number of alkyl halides is 2. The van der Waals surface area contributed by atoms with Crippen LogP contribution in [-0.4, -0.2) is 61.5 Å². The molecule has 4 fully saturated rings. The first-order chi connectivity index (χ1) is 23.3. The zero-order valence-corrected chi connectivity index (χ0v) is 29.4. The number of halogens is 2. The number of carbonyl (C=O) groups excluding carboxylic acids is 2. The number of nitrogens with one attached hydrogen (secondary N) is 2. The minimum Gasteiger partial charge on any atom is -0.506 e. The number of nitrogens with zero attached hydrogens (tertiary/aromatic N) is 2. The Hall–Kier alpha value is -3.21. The highest BCUT2D eigenvalue weighted by Crippen LogP contribution is 2.96. The van der Waals surface area contributed by atoms with Crippen LogP contribution in [0, 0.1) is 54.3 Å². The van der Waals surface area contributed by atoms with Crippen LogP contribution in [0.3, 0.4) is 0 Å². The van der Waals surface area contributed by atoms with Crippen molar-refractivity contribution >= 4 is 76.0 Å². The third-order valence-electron chi connectivity index (χ3n) is 13.7. The Morgan fingerprint density at radius 1 is 0.898 bits per heavy atom. The van der Waals surface area contributed by atoms with Crippen LogP contribution < -0.4 is 14.3 Å². The van der Waals surface area contributed by atoms with Gasteiger partial charge in [-0.3, -0.25) is 19.4 Å². The summed E-state index contributed by atoms with van der Waals surface area (Å²) in [6, 6.07) is 3.26. The molecule has 0 spiro atoms. The van der Waals surface area contributed by atoms with E-state index in [1.54, 1.807) is 23.2 Å². The van der Waals surface area contributed by atoms with Crippen molar-refractivity contribution in [1.82, 2.24) is 9.97 Å². The summed E-state index contributed by atoms with van der Waals surface area (Å²) in [5, 5.41) is 12.6. The molecule has 2 aromatic heterocycles. The number of carbonyl (C=O) groups is 2. The number of aromatic amines is 2. The van der Waals surface area contributed by atoms with E-state index in [0.717, 1.165) is 45.1 Å². The summed E-state index contributed by atoms with van der Waals surface area (Å²) < 4.78 is 17.1. The Kier molecular flexibility index (Phi) is 5.85. The van der Waals surface area contributed by atoms with E-state index < -0.39 is 18.7 Å². The predicted molar refractivity (Wildman–Crippen MR) is 185 cm³/mol. The van der Waals surface area contributed by atoms with Crippen molar-refractivity contribution in [1.29, 1.82) is 0 Å². The number of phenolic OH excluding ortho intramolecular Hbond substituents is 1. The van der Waals surface area contributed by atoms with E-state index in [4.69, 9.17) is 27.7 Å². The zero-order chi connectivity index (χ0) is 34.3. The van der Waals surface area contributed by atoms with Crippen molar-refractivity contribution in [2.75, 3.05) is 34.6 Å². The van der Waals surface area contributed by atoms with Crippen LogP contribution >= 0.6 is 31.0 Å². The molecule has 2 aromatic carbocycles. The fourth-order valence-electron chi connectivity index (χ4n) is 12.1. The molecule has 4 aliphatic carbocycles. The number of anilines is 2. The number of phosphoric acid groups is 1. The standard InChI is InChI=1S/C35H35Cl2N4O7P/c1-13-9-38-30-21(42)5-19-25(23(13)30)15(7-36)11-40(19)32(43)34(3)27-17-4-18-28(34)29(27)35(17,18)33(44)41-12-16(8-37)26-20(41)6-22(48-49(45,46)47)31-24(26)14(2)10-39-31/h5-6,9-10,15-18,27-29,38-39,42H,4,7-8,11-12H2,1-3H3,(H2,45,46,47)/t15-,16-,17?,18?,27?,28?,29?,34?,35?/m1/s1. The molecule has 256 valence electrons. The van der Waals surface area contributed by atoms with E-state index >= 15 is 0 Å². The van der Waals surface area contributed by atoms with Crippen LogP contribution in [0.5, 0.6) is 11.5 Å². The van der Waals surface area contributed by atoms with E-state index in [1.807, 2.05) is 24.9 Å². The Balaban J connectivity index is 0.986. The average molecular weight is 726 g/mol. The summed E-state index contributed by atoms with van der Waals surface area (Å²) in [5.74, 6) is 0.993. The Labute approximate surface area is 291 Å². The third-order valence-corrected chi connectivity index (χ3v) is 14.9. The lowest BCUT2D eigenvalue weighted by molar-refractivity contribution is -0.464. The summed E-state index contributed by atoms with van der Waals surface area (Å²) in [4.78, 5) is 58.7. The maximum Gasteiger partial charge on any atom is 0.524 e. The van der Waals surface area contributed by atoms with Gasteiger partial charge in [0.25, 0.3) is 0 Å². The Morgan fingerprint density at radius 3 is 1.98 bits per heavy atom. The lowest BCUT2D eigenvalue weighted by atomic mass is 9.07. The molecule has 5 N–H and O–H groups in total. The molecule has 11 nitrogen and oxygen atoms in total. The topological polar surface area (TPSA) is 159 Å². The second kappa shape index (κ2) is 9.36. The van der Waals surface area contributed by atoms with Gasteiger partial charge in [0, 0.05) is 72.0 Å². The van der Waals surface area contributed by atoms with Gasteiger partial charge in [-0.05, 0) is 72.1 Å². The molecule has 4 aromatic rings. The summed E-state index contributed by atoms with van der Waals surface area (Å²) in [7, 11) is -4.89. The quantitative estimate of drug-likeness (QED) is 0.121. The molecule has 6 atom stereocenters. The van der Waals surface area contributed by atoms with E-state index in [0.29, 0.717) is 35.7 Å². The molecule has 10 rings (SSSR count). The minimum absolute atomic E-state index is 0.00931. The fourth-order valence-corrected chi connectivity index (χ4v) is 13.0. The number of aryl methyl sites for hydroxylation is 2. The van der Waals surface area contributed by atoms with E-state index in [2.05, 4.69) is 16.9 Å². The molecule has 2 amide bonds. The molecule has 0 bridgehead atoms. The summed E-state index contributed by atoms with van der Waals surface area (Å²) in [6.07, 6.45) is 4.54. The number of benzene rings is 2. The summed E-state index contributed by atoms with van der Waals surface area (Å²) >= 11 is 13.0. The van der Waals surface area contributed by atoms with Crippen LogP contribution in [-0.2, 0) is 14.2 Å². The van der Waals surface area contributed by atoms with Gasteiger partial charge in [-0.1, -0.05) is 6.92 Å². The van der Waals surface area contributed by atoms with Crippen LogP contribution in [0.25, 0.3) is 21.8 Å². The lowest BCUT2D eigenvalue weighted by Crippen LogP contribution is -2.97. The fraction of sp³-hybridized carbons (Fsp3) is 0.486. The second-order valence-electron chi connectivity index (χ2n) is 15.4. The number of rotatable bonds is 6. The number of fused-ring (bicyclic) bond motifs is 8. The molecule has 0 saturated heterocycles. The molecule has 49 heavy (non-hydrogen) atoms. The summed E-state index contributed by atoms with van der Waals surface area (Å²) in [6.45, 7) is 6.79. The largest absolute Gasteiger partial charge is 0.524 e. The molecule has 4 heterocycles. The highest BCUT2D eigenvalue weighted by atomic mass is 35.5. The second-order valence-corrected chi connectivity index (χ2v) is 17.2. The van der Waals surface area contributed by atoms with Gasteiger partial charge in [0.2, 0.25) is 11.8 Å². The maximum absolute atomic E-state index is 14.8. The summed E-state index contributed by atoms with van der Waals surface area (Å²) in [5.41, 5.74) is 5.04. The van der Waals surface area contributed by atoms with Gasteiger partial charge < -0.3 is 29.4 Å². The maximum atomic E-state index is 14.8. The van der Waals surface area contributed by atoms with Crippen molar-refractivity contribution in [3.8, 4) is 11.5 Å². The SMILES string of the molecule is Cc1c[nH]c2c(O)cc3c(c12)[C@H](CCl)CN3C(=O)C1(C)C2C3CC4C1C2C34C(=O)N1C[C@@H](CCl)c2c1cc(OP(=O)(O)O)c1[nH]cc(C)c21. The van der Waals surface area contributed by atoms with Crippen LogP contribution in [0.15, 0.2) is 24.5 Å². The van der Waals surface area contributed by atoms with E-state index in [1.165, 1.54) is 0 Å². The minimum atomic E-state index is -4.89. The van der Waals surface area contributed by atoms with Gasteiger partial charge in [0.15, 0.2) is 5.75 Å². The number of phenols is 1. The van der Waals surface area contributed by atoms with Crippen LogP contribution in [0.1, 0.15) is 47.4 Å². The van der Waals surface area contributed by atoms with E-state index in [-0.39, 0.29) is 70.6 Å². The normalized spacial score (nSPS) is 34.6. The van der Waals surface area contributed by atoms with Gasteiger partial charge >= 0.3 is 7.82 Å². The molecule has 4 saturated carbocycles. The van der Waals surface area contributed by atoms with Crippen molar-refractivity contribution in [3.05, 3.63) is 46.8 Å². The zero-order valence-electron chi connectivity index (χ0n) is 27.0. The van der Waals surface area contributed by atoms with Crippen LogP contribution in [0.2, 0.25) is 0 Å². The third kappa shape index (κ3) is 3.29. The van der Waals surface area contributed by atoms with Gasteiger partial charge in [-0.2, -0.15) is 0 Å². The Bertz CT molecular complexity index is 2230. The lowest BCUT2D eigenvalue weighted by Gasteiger charge is -2.95. The molecular weight excluding hydrogens is 690 g/mol. The average Bonchev–Trinajstić information content (AvgIpc) is 3.82. The number of aromatic hydroxyl groups is 1. The number of H-pyrrole nitrogens is 2. The van der Waals surface area contributed by atoms with Crippen molar-refractivity contribution < 1.29 is 33.6 Å². The van der Waals surface area contributed by atoms with Gasteiger partial charge in [0.05, 0.1) is 33.2 Å². The first-order valence-corrected chi connectivity index (χ1v) is 19.4. The number of amides is 2. The number of hydrogen-bond donors (Lipinski definition) is 5. The van der Waals surface area contributed by atoms with Crippen molar-refractivity contribution in [2.24, 2.45) is 40.4 Å². The van der Waals surface area contributed by atoms with Crippen molar-refractivity contribution in [3.63, 3.8) is 0 Å². The van der Waals surface area contributed by atoms with Crippen LogP contribution in [0.4, 0.5) is 11.4 Å². The molecule has 14 heteroatoms. The van der Waals surface area contributed by atoms with Crippen molar-refractivity contribution in [2.45, 2.75) is 39.0 Å². The van der Waals surface area contributed by atoms with Gasteiger partial charge in [-0.25, -0.2) is 4.57 Å². The first-order valence-electron chi connectivity index (χ1n) is 16.8. The van der Waals surface area contributed by atoms with Gasteiger partial charge in [0.1, 0.15) is 5.75 Å². The molecule has 6 aliphatic rings. The number of aromatic nitrogens is 2. The Morgan fingerprint density at radius 2 is 1.43 bits per heavy atom. The first kappa shape index (κ1) is 30.6. The monoisotopic (exact) mass is 724 g/mol. The van der Waals surface area contributed by atoms with Gasteiger partial charge in [-0.15, -0.1) is 23.2 Å². The molecular formula is C35H35Cl2N4O7P. The van der Waals surface area contributed by atoms with E-state index in [9.17, 15) is 29.0 Å². The molecule has 2 aliphatic heterocycles. The molecule has 4 unspecified atom stereocenters. The predicted octanol–water partition coefficient (Wildman–Crippen LogP) is 6.00. The smallest absolute Gasteiger partial charge is 0.506 e. The number of phosphoric ester groups is 1. The number of hydrogen-bond acceptors (Lipinski definition) is 5. The highest BCUT2D eigenvalue weighted by molar-refractivity contribution is 7.46. The molecule has 0 radical (unpaired) electrons. The highest BCUT2D eigenvalue weighted by Gasteiger charge is 2.98.